The van der Waals surface area contributed by atoms with Gasteiger partial charge >= 0.3 is 5.97 Å². The second-order valence-electron chi connectivity index (χ2n) is 4.73. The van der Waals surface area contributed by atoms with E-state index in [1.807, 2.05) is 0 Å². The lowest BCUT2D eigenvalue weighted by Crippen LogP contribution is -2.51. The van der Waals surface area contributed by atoms with Crippen LogP contribution in [0.1, 0.15) is 35.8 Å². The Hall–Kier alpha value is -1.59. The van der Waals surface area contributed by atoms with Crippen LogP contribution in [-0.2, 0) is 0 Å². The minimum Gasteiger partial charge on any atom is -0.485 e. The van der Waals surface area contributed by atoms with E-state index in [1.54, 1.807) is 19.9 Å². The number of nitrogens with two attached hydrogens (primary N) is 1. The van der Waals surface area contributed by atoms with Gasteiger partial charge in [0.2, 0.25) is 0 Å². The van der Waals surface area contributed by atoms with Crippen LogP contribution in [0.2, 0.25) is 0 Å². The lowest BCUT2D eigenvalue weighted by molar-refractivity contribution is -0.0572. The van der Waals surface area contributed by atoms with Crippen molar-refractivity contribution in [1.82, 2.24) is 0 Å². The van der Waals surface area contributed by atoms with Crippen molar-refractivity contribution in [3.63, 3.8) is 0 Å². The first-order valence-electron chi connectivity index (χ1n) is 5.33. The summed E-state index contributed by atoms with van der Waals surface area (Å²) >= 11 is 0. The van der Waals surface area contributed by atoms with E-state index < -0.39 is 23.7 Å². The molecule has 17 heavy (non-hydrogen) atoms. The molecule has 0 radical (unpaired) electrons. The van der Waals surface area contributed by atoms with Gasteiger partial charge in [0, 0.05) is 5.56 Å². The van der Waals surface area contributed by atoms with Gasteiger partial charge in [0.05, 0.1) is 11.6 Å². The van der Waals surface area contributed by atoms with Crippen LogP contribution >= 0.6 is 0 Å². The summed E-state index contributed by atoms with van der Waals surface area (Å²) in [7, 11) is 0. The topological polar surface area (TPSA) is 92.8 Å². The summed E-state index contributed by atoms with van der Waals surface area (Å²) in [4.78, 5) is 10.9. The highest BCUT2D eigenvalue weighted by Gasteiger charge is 2.41. The number of benzene rings is 1. The number of rotatable bonds is 1. The highest BCUT2D eigenvalue weighted by atomic mass is 16.5. The van der Waals surface area contributed by atoms with Gasteiger partial charge in [0.15, 0.2) is 0 Å². The molecule has 0 spiro atoms. The van der Waals surface area contributed by atoms with Gasteiger partial charge < -0.3 is 20.7 Å². The van der Waals surface area contributed by atoms with Gasteiger partial charge in [-0.05, 0) is 32.0 Å². The first-order chi connectivity index (χ1) is 7.83. The Labute approximate surface area is 98.8 Å². The molecular weight excluding hydrogens is 222 g/mol. The molecule has 2 atom stereocenters. The number of aliphatic hydroxyl groups excluding tert-OH is 1. The van der Waals surface area contributed by atoms with E-state index in [0.717, 1.165) is 0 Å². The molecule has 1 aromatic carbocycles. The zero-order valence-corrected chi connectivity index (χ0v) is 9.68. The molecule has 0 saturated heterocycles. The van der Waals surface area contributed by atoms with Gasteiger partial charge in [-0.15, -0.1) is 0 Å². The molecule has 0 amide bonds. The fourth-order valence-corrected chi connectivity index (χ4v) is 1.98. The van der Waals surface area contributed by atoms with Crippen LogP contribution in [0.25, 0.3) is 0 Å². The third-order valence-corrected chi connectivity index (χ3v) is 3.04. The smallest absolute Gasteiger partial charge is 0.335 e. The fraction of sp³-hybridized carbons (Fsp3) is 0.417. The number of hydrogen-bond donors (Lipinski definition) is 3. The Morgan fingerprint density at radius 3 is 2.71 bits per heavy atom. The van der Waals surface area contributed by atoms with Gasteiger partial charge in [-0.3, -0.25) is 0 Å². The quantitative estimate of drug-likeness (QED) is 0.675. The van der Waals surface area contributed by atoms with E-state index in [2.05, 4.69) is 0 Å². The predicted molar refractivity (Wildman–Crippen MR) is 61.0 cm³/mol. The van der Waals surface area contributed by atoms with Crippen LogP contribution in [0.15, 0.2) is 18.2 Å². The number of carboxylic acid groups (broad SMARTS) is 1. The Morgan fingerprint density at radius 2 is 2.12 bits per heavy atom. The zero-order valence-electron chi connectivity index (χ0n) is 9.68. The molecule has 92 valence electrons. The van der Waals surface area contributed by atoms with Gasteiger partial charge in [-0.25, -0.2) is 4.79 Å². The normalized spacial score (nSPS) is 25.9. The van der Waals surface area contributed by atoms with Gasteiger partial charge in [-0.2, -0.15) is 0 Å². The molecule has 4 N–H and O–H groups in total. The fourth-order valence-electron chi connectivity index (χ4n) is 1.98. The van der Waals surface area contributed by atoms with Crippen LogP contribution in [0.5, 0.6) is 5.75 Å². The van der Waals surface area contributed by atoms with Gasteiger partial charge in [0.25, 0.3) is 0 Å². The summed E-state index contributed by atoms with van der Waals surface area (Å²) in [5.74, 6) is -0.503. The van der Waals surface area contributed by atoms with Crippen LogP contribution in [-0.4, -0.2) is 27.9 Å². The molecule has 0 aromatic heterocycles. The summed E-state index contributed by atoms with van der Waals surface area (Å²) in [5, 5.41) is 18.9. The molecule has 1 aromatic rings. The van der Waals surface area contributed by atoms with E-state index in [1.165, 1.54) is 12.1 Å². The molecule has 5 heteroatoms. The van der Waals surface area contributed by atoms with Crippen molar-refractivity contribution in [1.29, 1.82) is 0 Å². The van der Waals surface area contributed by atoms with Crippen molar-refractivity contribution < 1.29 is 19.7 Å². The van der Waals surface area contributed by atoms with Crippen LogP contribution in [0.3, 0.4) is 0 Å². The summed E-state index contributed by atoms with van der Waals surface area (Å²) in [5.41, 5.74) is 5.79. The Balaban J connectivity index is 2.50. The molecule has 5 nitrogen and oxygen atoms in total. The first-order valence-corrected chi connectivity index (χ1v) is 5.33. The SMILES string of the molecule is CC1(C)Oc2ccc(C(=O)O)cc2[C@@H](N)[C@@H]1O. The molecule has 1 heterocycles. The van der Waals surface area contributed by atoms with E-state index >= 15 is 0 Å². The Bertz CT molecular complexity index is 470. The molecule has 0 bridgehead atoms. The summed E-state index contributed by atoms with van der Waals surface area (Å²) in [6, 6.07) is 3.84. The van der Waals surface area contributed by atoms with Crippen molar-refractivity contribution in [2.45, 2.75) is 31.6 Å². The molecule has 0 aliphatic carbocycles. The first kappa shape index (κ1) is 11.9. The maximum absolute atomic E-state index is 10.9. The number of carboxylic acids is 1. The standard InChI is InChI=1S/C12H15NO4/c1-12(2)10(14)9(13)7-5-6(11(15)16)3-4-8(7)17-12/h3-5,9-10,14H,13H2,1-2H3,(H,15,16)/t9-,10+/m1/s1. The second-order valence-corrected chi connectivity index (χ2v) is 4.73. The predicted octanol–water partition coefficient (Wildman–Crippen LogP) is 0.916. The summed E-state index contributed by atoms with van der Waals surface area (Å²) in [6.07, 6.45) is -0.876. The third-order valence-electron chi connectivity index (χ3n) is 3.04. The number of fused-ring (bicyclic) bond motifs is 1. The number of ether oxygens (including phenoxy) is 1. The molecule has 0 fully saturated rings. The van der Waals surface area contributed by atoms with Crippen molar-refractivity contribution >= 4 is 5.97 Å². The molecule has 0 saturated carbocycles. The van der Waals surface area contributed by atoms with E-state index in [4.69, 9.17) is 15.6 Å². The maximum Gasteiger partial charge on any atom is 0.335 e. The van der Waals surface area contributed by atoms with Crippen LogP contribution in [0.4, 0.5) is 0 Å². The van der Waals surface area contributed by atoms with E-state index in [0.29, 0.717) is 11.3 Å². The van der Waals surface area contributed by atoms with E-state index in [-0.39, 0.29) is 5.56 Å². The van der Waals surface area contributed by atoms with Crippen molar-refractivity contribution in [3.05, 3.63) is 29.3 Å². The average Bonchev–Trinajstić information content (AvgIpc) is 2.25. The number of aromatic carboxylic acids is 1. The minimum atomic E-state index is -1.03. The largest absolute Gasteiger partial charge is 0.485 e. The number of aliphatic hydroxyl groups is 1. The highest BCUT2D eigenvalue weighted by molar-refractivity contribution is 5.88. The van der Waals surface area contributed by atoms with E-state index in [9.17, 15) is 9.90 Å². The lowest BCUT2D eigenvalue weighted by Gasteiger charge is -2.40. The third kappa shape index (κ3) is 1.87. The van der Waals surface area contributed by atoms with Crippen LogP contribution in [0, 0.1) is 0 Å². The lowest BCUT2D eigenvalue weighted by atomic mass is 9.86. The number of carbonyl (C=O) groups is 1. The zero-order chi connectivity index (χ0) is 12.8. The maximum atomic E-state index is 10.9. The second kappa shape index (κ2) is 3.72. The van der Waals surface area contributed by atoms with Crippen LogP contribution < -0.4 is 10.5 Å². The molecular formula is C12H15NO4. The molecule has 1 aliphatic rings. The van der Waals surface area contributed by atoms with Crippen molar-refractivity contribution in [3.8, 4) is 5.75 Å². The van der Waals surface area contributed by atoms with Crippen molar-refractivity contribution in [2.75, 3.05) is 0 Å². The average molecular weight is 237 g/mol. The van der Waals surface area contributed by atoms with Gasteiger partial charge in [0.1, 0.15) is 17.5 Å². The van der Waals surface area contributed by atoms with Gasteiger partial charge in [-0.1, -0.05) is 0 Å². The summed E-state index contributed by atoms with van der Waals surface area (Å²) in [6.45, 7) is 3.48. The molecule has 2 rings (SSSR count). The molecule has 1 aliphatic heterocycles. The number of hydrogen-bond acceptors (Lipinski definition) is 4. The highest BCUT2D eigenvalue weighted by Crippen LogP contribution is 2.38. The Morgan fingerprint density at radius 1 is 1.47 bits per heavy atom. The monoisotopic (exact) mass is 237 g/mol. The molecule has 0 unspecified atom stereocenters. The van der Waals surface area contributed by atoms with Crippen molar-refractivity contribution in [2.24, 2.45) is 5.73 Å². The summed E-state index contributed by atoms with van der Waals surface area (Å²) < 4.78 is 5.61. The Kier molecular flexibility index (Phi) is 2.60. The minimum absolute atomic E-state index is 0.134.